The molecule has 0 saturated carbocycles. The molecule has 20 heavy (non-hydrogen) atoms. The van der Waals surface area contributed by atoms with Crippen LogP contribution in [0.1, 0.15) is 9.75 Å². The second-order valence-corrected chi connectivity index (χ2v) is 5.92. The summed E-state index contributed by atoms with van der Waals surface area (Å²) >= 11 is 1.80. The Morgan fingerprint density at radius 2 is 2.00 bits per heavy atom. The minimum Gasteiger partial charge on any atom is -0.380 e. The number of thiophene rings is 1. The largest absolute Gasteiger partial charge is 0.380 e. The number of anilines is 1. The van der Waals surface area contributed by atoms with Gasteiger partial charge in [0.05, 0.1) is 5.69 Å². The Labute approximate surface area is 120 Å². The fourth-order valence-corrected chi connectivity index (χ4v) is 2.86. The van der Waals surface area contributed by atoms with E-state index in [0.717, 1.165) is 17.9 Å². The van der Waals surface area contributed by atoms with Gasteiger partial charge >= 0.3 is 5.69 Å². The number of aromatic nitrogens is 2. The first-order chi connectivity index (χ1) is 9.72. The molecule has 0 aliphatic carbocycles. The van der Waals surface area contributed by atoms with Gasteiger partial charge in [0.2, 0.25) is 0 Å². The maximum atomic E-state index is 11.5. The van der Waals surface area contributed by atoms with Crippen molar-refractivity contribution in [3.8, 4) is 5.69 Å². The molecule has 0 amide bonds. The Hall–Kier alpha value is -2.27. The number of aryl methyl sites for hydroxylation is 1. The smallest absolute Gasteiger partial charge is 0.330 e. The van der Waals surface area contributed by atoms with Crippen LogP contribution in [0.25, 0.3) is 5.69 Å². The third-order valence-corrected chi connectivity index (χ3v) is 4.06. The normalized spacial score (nSPS) is 10.7. The quantitative estimate of drug-likeness (QED) is 0.773. The second kappa shape index (κ2) is 5.38. The van der Waals surface area contributed by atoms with Crippen molar-refractivity contribution >= 4 is 17.0 Å². The fraction of sp³-hybridized carbons (Fsp3) is 0.133. The molecule has 2 aromatic heterocycles. The van der Waals surface area contributed by atoms with Crippen LogP contribution in [0.15, 0.2) is 53.6 Å². The number of nitrogens with one attached hydrogen (secondary N) is 2. The van der Waals surface area contributed by atoms with Crippen LogP contribution in [0, 0.1) is 6.92 Å². The molecule has 102 valence electrons. The van der Waals surface area contributed by atoms with Crippen molar-refractivity contribution in [1.29, 1.82) is 0 Å². The number of hydrogen-bond acceptors (Lipinski definition) is 3. The lowest BCUT2D eigenvalue weighted by Crippen LogP contribution is -2.13. The van der Waals surface area contributed by atoms with Crippen LogP contribution < -0.4 is 11.0 Å². The molecule has 2 N–H and O–H groups in total. The van der Waals surface area contributed by atoms with Crippen molar-refractivity contribution in [2.24, 2.45) is 0 Å². The molecule has 0 atom stereocenters. The average molecular weight is 285 g/mol. The highest BCUT2D eigenvalue weighted by molar-refractivity contribution is 7.11. The number of aromatic amines is 1. The molecule has 0 aliphatic rings. The summed E-state index contributed by atoms with van der Waals surface area (Å²) in [4.78, 5) is 16.8. The van der Waals surface area contributed by atoms with Gasteiger partial charge in [0.15, 0.2) is 0 Å². The molecule has 0 fully saturated rings. The monoisotopic (exact) mass is 285 g/mol. The predicted molar refractivity (Wildman–Crippen MR) is 82.8 cm³/mol. The van der Waals surface area contributed by atoms with E-state index in [4.69, 9.17) is 0 Å². The van der Waals surface area contributed by atoms with E-state index in [-0.39, 0.29) is 5.69 Å². The van der Waals surface area contributed by atoms with E-state index >= 15 is 0 Å². The minimum atomic E-state index is -0.125. The molecule has 0 unspecified atom stereocenters. The summed E-state index contributed by atoms with van der Waals surface area (Å²) in [6.45, 7) is 2.93. The number of benzene rings is 1. The van der Waals surface area contributed by atoms with Crippen LogP contribution in [0.4, 0.5) is 5.69 Å². The zero-order valence-electron chi connectivity index (χ0n) is 11.1. The number of H-pyrrole nitrogens is 1. The summed E-state index contributed by atoms with van der Waals surface area (Å²) in [7, 11) is 0. The summed E-state index contributed by atoms with van der Waals surface area (Å²) in [6.07, 6.45) is 3.35. The molecule has 0 spiro atoms. The van der Waals surface area contributed by atoms with Gasteiger partial charge < -0.3 is 10.3 Å². The van der Waals surface area contributed by atoms with E-state index in [1.807, 2.05) is 24.3 Å². The van der Waals surface area contributed by atoms with Gasteiger partial charge in [-0.25, -0.2) is 4.79 Å². The lowest BCUT2D eigenvalue weighted by Gasteiger charge is -2.06. The van der Waals surface area contributed by atoms with E-state index < -0.39 is 0 Å². The summed E-state index contributed by atoms with van der Waals surface area (Å²) in [5.41, 5.74) is 1.77. The molecule has 4 nitrogen and oxygen atoms in total. The Morgan fingerprint density at radius 3 is 2.60 bits per heavy atom. The molecule has 1 aromatic carbocycles. The van der Waals surface area contributed by atoms with Gasteiger partial charge in [0, 0.05) is 34.4 Å². The Bertz CT molecular complexity index is 752. The van der Waals surface area contributed by atoms with Crippen LogP contribution in [0.2, 0.25) is 0 Å². The highest BCUT2D eigenvalue weighted by atomic mass is 32.1. The van der Waals surface area contributed by atoms with Crippen molar-refractivity contribution in [2.75, 3.05) is 5.32 Å². The molecule has 0 saturated heterocycles. The Kier molecular flexibility index (Phi) is 3.43. The number of rotatable bonds is 4. The van der Waals surface area contributed by atoms with Gasteiger partial charge in [0.1, 0.15) is 0 Å². The number of imidazole rings is 1. The first kappa shape index (κ1) is 12.7. The molecule has 0 bridgehead atoms. The SMILES string of the molecule is Cc1ccc(CNc2ccc(-n3cc[nH]c3=O)cc2)s1. The maximum Gasteiger partial charge on any atom is 0.330 e. The summed E-state index contributed by atoms with van der Waals surface area (Å²) < 4.78 is 1.58. The van der Waals surface area contributed by atoms with Crippen molar-refractivity contribution in [3.63, 3.8) is 0 Å². The predicted octanol–water partition coefficient (Wildman–Crippen LogP) is 3.15. The number of hydrogen-bond donors (Lipinski definition) is 2. The summed E-state index contributed by atoms with van der Waals surface area (Å²) in [5.74, 6) is 0. The van der Waals surface area contributed by atoms with E-state index in [1.54, 1.807) is 28.3 Å². The number of nitrogens with zero attached hydrogens (tertiary/aromatic N) is 1. The zero-order chi connectivity index (χ0) is 13.9. The van der Waals surface area contributed by atoms with Crippen LogP contribution in [-0.4, -0.2) is 9.55 Å². The van der Waals surface area contributed by atoms with Gasteiger partial charge in [-0.1, -0.05) is 0 Å². The van der Waals surface area contributed by atoms with Gasteiger partial charge in [-0.3, -0.25) is 4.57 Å². The van der Waals surface area contributed by atoms with Crippen molar-refractivity contribution < 1.29 is 0 Å². The molecule has 0 radical (unpaired) electrons. The highest BCUT2D eigenvalue weighted by Gasteiger charge is 2.01. The Morgan fingerprint density at radius 1 is 1.20 bits per heavy atom. The third-order valence-electron chi connectivity index (χ3n) is 3.06. The first-order valence-electron chi connectivity index (χ1n) is 6.38. The third kappa shape index (κ3) is 2.67. The van der Waals surface area contributed by atoms with Crippen molar-refractivity contribution in [3.05, 3.63) is 69.0 Å². The van der Waals surface area contributed by atoms with E-state index in [9.17, 15) is 4.79 Å². The van der Waals surface area contributed by atoms with E-state index in [0.29, 0.717) is 0 Å². The summed E-state index contributed by atoms with van der Waals surface area (Å²) in [5, 5.41) is 3.38. The van der Waals surface area contributed by atoms with Crippen molar-refractivity contribution in [2.45, 2.75) is 13.5 Å². The molecule has 5 heteroatoms. The molecule has 2 heterocycles. The highest BCUT2D eigenvalue weighted by Crippen LogP contribution is 2.18. The molecule has 0 aliphatic heterocycles. The van der Waals surface area contributed by atoms with Gasteiger partial charge in [-0.2, -0.15) is 0 Å². The summed E-state index contributed by atoms with van der Waals surface area (Å²) in [6, 6.07) is 12.1. The Balaban J connectivity index is 1.70. The zero-order valence-corrected chi connectivity index (χ0v) is 11.9. The van der Waals surface area contributed by atoms with Gasteiger partial charge in [0.25, 0.3) is 0 Å². The lowest BCUT2D eigenvalue weighted by molar-refractivity contribution is 0.987. The van der Waals surface area contributed by atoms with Gasteiger partial charge in [-0.05, 0) is 43.3 Å². The van der Waals surface area contributed by atoms with E-state index in [1.165, 1.54) is 9.75 Å². The van der Waals surface area contributed by atoms with Crippen molar-refractivity contribution in [1.82, 2.24) is 9.55 Å². The standard InChI is InChI=1S/C15H15N3OS/c1-11-2-7-14(20-11)10-17-12-3-5-13(6-4-12)18-9-8-16-15(18)19/h2-9,17H,10H2,1H3,(H,16,19). The topological polar surface area (TPSA) is 49.8 Å². The van der Waals surface area contributed by atoms with Crippen LogP contribution in [0.5, 0.6) is 0 Å². The molecular formula is C15H15N3OS. The van der Waals surface area contributed by atoms with Gasteiger partial charge in [-0.15, -0.1) is 11.3 Å². The molecular weight excluding hydrogens is 270 g/mol. The second-order valence-electron chi connectivity index (χ2n) is 4.55. The molecule has 3 aromatic rings. The first-order valence-corrected chi connectivity index (χ1v) is 7.20. The lowest BCUT2D eigenvalue weighted by atomic mass is 10.2. The van der Waals surface area contributed by atoms with Crippen LogP contribution >= 0.6 is 11.3 Å². The minimum absolute atomic E-state index is 0.125. The van der Waals surface area contributed by atoms with E-state index in [2.05, 4.69) is 29.4 Å². The van der Waals surface area contributed by atoms with Crippen LogP contribution in [-0.2, 0) is 6.54 Å². The average Bonchev–Trinajstić information content (AvgIpc) is 3.06. The fourth-order valence-electron chi connectivity index (χ4n) is 2.03. The maximum absolute atomic E-state index is 11.5. The molecule has 3 rings (SSSR count). The van der Waals surface area contributed by atoms with Crippen LogP contribution in [0.3, 0.4) is 0 Å².